The van der Waals surface area contributed by atoms with Gasteiger partial charge in [-0.05, 0) is 43.7 Å². The number of aliphatic hydroxyl groups excluding tert-OH is 1. The van der Waals surface area contributed by atoms with Gasteiger partial charge >= 0.3 is 6.03 Å². The van der Waals surface area contributed by atoms with Crippen LogP contribution in [-0.2, 0) is 0 Å². The number of ether oxygens (including phenoxy) is 1. The summed E-state index contributed by atoms with van der Waals surface area (Å²) >= 11 is 0. The minimum Gasteiger partial charge on any atom is -0.494 e. The van der Waals surface area contributed by atoms with Crippen LogP contribution in [0.1, 0.15) is 37.3 Å². The number of hydrogen-bond donors (Lipinski definition) is 3. The predicted molar refractivity (Wildman–Crippen MR) is 86.2 cm³/mol. The predicted octanol–water partition coefficient (Wildman–Crippen LogP) is 2.77. The molecule has 0 spiro atoms. The second kappa shape index (κ2) is 8.24. The third-order valence-corrected chi connectivity index (χ3v) is 3.37. The number of urea groups is 1. The highest BCUT2D eigenvalue weighted by Gasteiger charge is 2.13. The van der Waals surface area contributed by atoms with E-state index < -0.39 is 6.10 Å². The molecule has 3 N–H and O–H groups in total. The zero-order valence-electron chi connectivity index (χ0n) is 13.3. The van der Waals surface area contributed by atoms with E-state index in [0.29, 0.717) is 12.4 Å². The zero-order chi connectivity index (χ0) is 16.7. The minimum absolute atomic E-state index is 0.0787. The number of nitrogens with one attached hydrogen (secondary N) is 2. The van der Waals surface area contributed by atoms with E-state index in [9.17, 15) is 9.90 Å². The van der Waals surface area contributed by atoms with E-state index >= 15 is 0 Å². The summed E-state index contributed by atoms with van der Waals surface area (Å²) in [6.45, 7) is 4.51. The summed E-state index contributed by atoms with van der Waals surface area (Å²) in [6, 6.07) is 10.4. The van der Waals surface area contributed by atoms with E-state index in [-0.39, 0.29) is 18.6 Å². The van der Waals surface area contributed by atoms with Gasteiger partial charge in [-0.25, -0.2) is 4.79 Å². The van der Waals surface area contributed by atoms with Gasteiger partial charge in [0, 0.05) is 0 Å². The lowest BCUT2D eigenvalue weighted by Gasteiger charge is -2.16. The number of carbonyl (C=O) groups is 1. The number of aliphatic hydroxyl groups is 1. The lowest BCUT2D eigenvalue weighted by atomic mass is 10.1. The van der Waals surface area contributed by atoms with E-state index in [0.717, 1.165) is 11.3 Å². The first kappa shape index (κ1) is 16.9. The lowest BCUT2D eigenvalue weighted by molar-refractivity contribution is 0.147. The lowest BCUT2D eigenvalue weighted by Crippen LogP contribution is -2.39. The van der Waals surface area contributed by atoms with Crippen molar-refractivity contribution in [1.29, 1.82) is 0 Å². The molecular formula is C17H22N2O4. The molecule has 6 heteroatoms. The third-order valence-electron chi connectivity index (χ3n) is 3.37. The zero-order valence-corrected chi connectivity index (χ0v) is 13.3. The number of furan rings is 1. The van der Waals surface area contributed by atoms with Gasteiger partial charge in [-0.2, -0.15) is 0 Å². The van der Waals surface area contributed by atoms with Crippen LogP contribution in [0.3, 0.4) is 0 Å². The van der Waals surface area contributed by atoms with Crippen molar-refractivity contribution in [2.45, 2.75) is 26.0 Å². The average molecular weight is 318 g/mol. The largest absolute Gasteiger partial charge is 0.494 e. The molecule has 2 aromatic rings. The summed E-state index contributed by atoms with van der Waals surface area (Å²) in [5.74, 6) is 1.22. The summed E-state index contributed by atoms with van der Waals surface area (Å²) in [5, 5.41) is 15.3. The fraction of sp³-hybridized carbons (Fsp3) is 0.353. The van der Waals surface area contributed by atoms with Crippen molar-refractivity contribution in [3.05, 3.63) is 54.0 Å². The maximum absolute atomic E-state index is 11.9. The van der Waals surface area contributed by atoms with Crippen LogP contribution < -0.4 is 15.4 Å². The fourth-order valence-corrected chi connectivity index (χ4v) is 2.12. The highest BCUT2D eigenvalue weighted by Crippen LogP contribution is 2.17. The van der Waals surface area contributed by atoms with Crippen LogP contribution in [0.2, 0.25) is 0 Å². The number of rotatable bonds is 7. The van der Waals surface area contributed by atoms with Gasteiger partial charge in [0.05, 0.1) is 25.5 Å². The molecule has 1 aromatic carbocycles. The van der Waals surface area contributed by atoms with Crippen LogP contribution in [0.4, 0.5) is 4.79 Å². The molecule has 0 saturated carbocycles. The quantitative estimate of drug-likeness (QED) is 0.733. The van der Waals surface area contributed by atoms with Crippen LogP contribution in [0, 0.1) is 0 Å². The molecule has 0 radical (unpaired) electrons. The first-order valence-electron chi connectivity index (χ1n) is 7.58. The van der Waals surface area contributed by atoms with Crippen molar-refractivity contribution in [2.75, 3.05) is 13.2 Å². The number of carbonyl (C=O) groups excluding carboxylic acids is 1. The normalized spacial score (nSPS) is 13.2. The second-order valence-corrected chi connectivity index (χ2v) is 5.11. The second-order valence-electron chi connectivity index (χ2n) is 5.11. The maximum atomic E-state index is 11.9. The van der Waals surface area contributed by atoms with Gasteiger partial charge in [-0.3, -0.25) is 0 Å². The topological polar surface area (TPSA) is 83.7 Å². The van der Waals surface area contributed by atoms with Crippen LogP contribution in [0.5, 0.6) is 5.75 Å². The molecular weight excluding hydrogens is 296 g/mol. The Hall–Kier alpha value is -2.47. The van der Waals surface area contributed by atoms with Crippen LogP contribution in [-0.4, -0.2) is 24.3 Å². The van der Waals surface area contributed by atoms with Crippen molar-refractivity contribution in [2.24, 2.45) is 0 Å². The number of amides is 2. The van der Waals surface area contributed by atoms with Crippen LogP contribution in [0.15, 0.2) is 47.1 Å². The Morgan fingerprint density at radius 2 is 2.04 bits per heavy atom. The molecule has 124 valence electrons. The summed E-state index contributed by atoms with van der Waals surface area (Å²) in [4.78, 5) is 11.9. The molecule has 2 amide bonds. The van der Waals surface area contributed by atoms with E-state index in [4.69, 9.17) is 9.15 Å². The summed E-state index contributed by atoms with van der Waals surface area (Å²) < 4.78 is 10.5. The van der Waals surface area contributed by atoms with Gasteiger partial charge in [-0.1, -0.05) is 12.1 Å². The standard InChI is InChI=1S/C17H22N2O4/c1-3-22-14-8-6-13(7-9-14)12(2)19-17(21)18-11-15(20)16-5-4-10-23-16/h4-10,12,15,20H,3,11H2,1-2H3,(H2,18,19,21). The van der Waals surface area contributed by atoms with E-state index in [2.05, 4.69) is 10.6 Å². The first-order valence-corrected chi connectivity index (χ1v) is 7.58. The Labute approximate surface area is 135 Å². The SMILES string of the molecule is CCOc1ccc(C(C)NC(=O)NCC(O)c2ccco2)cc1. The first-order chi connectivity index (χ1) is 11.1. The average Bonchev–Trinajstić information content (AvgIpc) is 3.08. The Balaban J connectivity index is 1.79. The monoisotopic (exact) mass is 318 g/mol. The Bertz CT molecular complexity index is 596. The Morgan fingerprint density at radius 1 is 1.30 bits per heavy atom. The van der Waals surface area contributed by atoms with Gasteiger partial charge in [0.1, 0.15) is 17.6 Å². The molecule has 1 heterocycles. The summed E-state index contributed by atoms with van der Waals surface area (Å²) in [7, 11) is 0. The molecule has 1 aromatic heterocycles. The summed E-state index contributed by atoms with van der Waals surface area (Å²) in [6.07, 6.45) is 0.614. The molecule has 0 bridgehead atoms. The molecule has 0 aliphatic rings. The van der Waals surface area contributed by atoms with E-state index in [1.54, 1.807) is 12.1 Å². The Kier molecular flexibility index (Phi) is 6.05. The molecule has 0 saturated heterocycles. The number of hydrogen-bond acceptors (Lipinski definition) is 4. The molecule has 0 fully saturated rings. The third kappa shape index (κ3) is 5.03. The molecule has 2 unspecified atom stereocenters. The minimum atomic E-state index is -0.864. The molecule has 23 heavy (non-hydrogen) atoms. The molecule has 0 aliphatic heterocycles. The van der Waals surface area contributed by atoms with Gasteiger partial charge in [0.25, 0.3) is 0 Å². The van der Waals surface area contributed by atoms with Crippen LogP contribution >= 0.6 is 0 Å². The van der Waals surface area contributed by atoms with Crippen LogP contribution in [0.25, 0.3) is 0 Å². The highest BCUT2D eigenvalue weighted by atomic mass is 16.5. The van der Waals surface area contributed by atoms with Crippen molar-refractivity contribution in [1.82, 2.24) is 10.6 Å². The molecule has 2 atom stereocenters. The number of benzene rings is 1. The molecule has 6 nitrogen and oxygen atoms in total. The molecule has 0 aliphatic carbocycles. The van der Waals surface area contributed by atoms with Gasteiger partial charge in [0.2, 0.25) is 0 Å². The van der Waals surface area contributed by atoms with Crippen molar-refractivity contribution >= 4 is 6.03 Å². The van der Waals surface area contributed by atoms with E-state index in [1.165, 1.54) is 6.26 Å². The highest BCUT2D eigenvalue weighted by molar-refractivity contribution is 5.74. The van der Waals surface area contributed by atoms with Gasteiger partial charge < -0.3 is 24.9 Å². The van der Waals surface area contributed by atoms with Crippen molar-refractivity contribution in [3.63, 3.8) is 0 Å². The van der Waals surface area contributed by atoms with Gasteiger partial charge in [0.15, 0.2) is 0 Å². The molecule has 2 rings (SSSR count). The fourth-order valence-electron chi connectivity index (χ4n) is 2.12. The Morgan fingerprint density at radius 3 is 2.65 bits per heavy atom. The smallest absolute Gasteiger partial charge is 0.315 e. The maximum Gasteiger partial charge on any atom is 0.315 e. The summed E-state index contributed by atoms with van der Waals surface area (Å²) in [5.41, 5.74) is 0.968. The van der Waals surface area contributed by atoms with Gasteiger partial charge in [-0.15, -0.1) is 0 Å². The van der Waals surface area contributed by atoms with Crippen molar-refractivity contribution in [3.8, 4) is 5.75 Å². The van der Waals surface area contributed by atoms with E-state index in [1.807, 2.05) is 38.1 Å². The van der Waals surface area contributed by atoms with Crippen molar-refractivity contribution < 1.29 is 19.1 Å².